The summed E-state index contributed by atoms with van der Waals surface area (Å²) in [5.74, 6) is 1.05. The van der Waals surface area contributed by atoms with Crippen LogP contribution in [0.15, 0.2) is 65.8 Å². The normalized spacial score (nSPS) is 13.4. The first-order valence-electron chi connectivity index (χ1n) is 11.6. The monoisotopic (exact) mass is 431 g/mol. The van der Waals surface area contributed by atoms with E-state index in [1.54, 1.807) is 0 Å². The molecule has 1 amide bonds. The van der Waals surface area contributed by atoms with Gasteiger partial charge in [-0.05, 0) is 48.4 Å². The van der Waals surface area contributed by atoms with Crippen LogP contribution in [0.5, 0.6) is 0 Å². The van der Waals surface area contributed by atoms with Crippen LogP contribution < -0.4 is 10.6 Å². The molecule has 0 radical (unpaired) electrons. The number of nitrogens with one attached hydrogen (secondary N) is 2. The van der Waals surface area contributed by atoms with Gasteiger partial charge in [0.25, 0.3) is 0 Å². The topological polar surface area (TPSA) is 61.7 Å². The highest BCUT2D eigenvalue weighted by atomic mass is 16.2. The summed E-state index contributed by atoms with van der Waals surface area (Å²) < 4.78 is 2.29. The number of hydrogen-bond donors (Lipinski definition) is 2. The van der Waals surface area contributed by atoms with Gasteiger partial charge in [0.05, 0.1) is 0 Å². The molecule has 1 aliphatic heterocycles. The maximum atomic E-state index is 12.6. The van der Waals surface area contributed by atoms with Crippen LogP contribution in [-0.4, -0.2) is 41.0 Å². The zero-order valence-electron chi connectivity index (χ0n) is 18.9. The second-order valence-electron chi connectivity index (χ2n) is 8.23. The molecule has 6 nitrogen and oxygen atoms in total. The molecule has 0 saturated heterocycles. The Labute approximate surface area is 190 Å². The molecule has 1 aromatic heterocycles. The van der Waals surface area contributed by atoms with E-state index in [2.05, 4.69) is 70.8 Å². The predicted octanol–water partition coefficient (Wildman–Crippen LogP) is 3.91. The molecule has 0 saturated carbocycles. The number of benzene rings is 2. The molecule has 0 fully saturated rings. The summed E-state index contributed by atoms with van der Waals surface area (Å²) in [6.07, 6.45) is 4.48. The fourth-order valence-corrected chi connectivity index (χ4v) is 4.22. The molecule has 6 heteroatoms. The van der Waals surface area contributed by atoms with Crippen LogP contribution in [0.2, 0.25) is 0 Å². The summed E-state index contributed by atoms with van der Waals surface area (Å²) in [5.41, 5.74) is 3.81. The number of carbonyl (C=O) groups excluding carboxylic acids is 1. The maximum absolute atomic E-state index is 12.6. The Morgan fingerprint density at radius 1 is 0.969 bits per heavy atom. The maximum Gasteiger partial charge on any atom is 0.223 e. The molecule has 0 spiro atoms. The third-order valence-corrected chi connectivity index (χ3v) is 5.90. The minimum atomic E-state index is 0.226. The number of amides is 1. The summed E-state index contributed by atoms with van der Waals surface area (Å²) in [4.78, 5) is 19.2. The average Bonchev–Trinajstić information content (AvgIpc) is 3.43. The molecule has 0 aliphatic carbocycles. The van der Waals surface area contributed by atoms with Gasteiger partial charge in [-0.1, -0.05) is 42.5 Å². The van der Waals surface area contributed by atoms with Gasteiger partial charge in [-0.15, -0.1) is 0 Å². The van der Waals surface area contributed by atoms with E-state index in [9.17, 15) is 4.79 Å². The van der Waals surface area contributed by atoms with E-state index in [1.165, 1.54) is 22.0 Å². The average molecular weight is 432 g/mol. The van der Waals surface area contributed by atoms with Crippen molar-refractivity contribution in [2.75, 3.05) is 19.6 Å². The first-order valence-corrected chi connectivity index (χ1v) is 11.6. The SMILES string of the molecule is CCNC(=NCCCn1ccc2ccccc21)NCCCC(=O)N1Cc2ccccc2C1. The van der Waals surface area contributed by atoms with Crippen molar-refractivity contribution in [1.82, 2.24) is 20.1 Å². The second kappa shape index (κ2) is 10.8. The number of nitrogens with zero attached hydrogens (tertiary/aromatic N) is 3. The highest BCUT2D eigenvalue weighted by molar-refractivity contribution is 5.80. The molecule has 2 aromatic carbocycles. The number of hydrogen-bond acceptors (Lipinski definition) is 2. The molecule has 0 atom stereocenters. The minimum Gasteiger partial charge on any atom is -0.357 e. The highest BCUT2D eigenvalue weighted by Gasteiger charge is 2.22. The number of guanidine groups is 1. The van der Waals surface area contributed by atoms with Crippen molar-refractivity contribution in [3.63, 3.8) is 0 Å². The van der Waals surface area contributed by atoms with Gasteiger partial charge in [0.15, 0.2) is 5.96 Å². The first kappa shape index (κ1) is 21.9. The molecular formula is C26H33N5O. The summed E-state index contributed by atoms with van der Waals surface area (Å²) in [6.45, 7) is 6.81. The molecule has 32 heavy (non-hydrogen) atoms. The van der Waals surface area contributed by atoms with E-state index in [4.69, 9.17) is 4.99 Å². The number of para-hydroxylation sites is 1. The third kappa shape index (κ3) is 5.49. The molecule has 3 aromatic rings. The Morgan fingerprint density at radius 3 is 2.50 bits per heavy atom. The number of carbonyl (C=O) groups is 1. The van der Waals surface area contributed by atoms with Crippen LogP contribution in [0.3, 0.4) is 0 Å². The molecule has 1 aliphatic rings. The van der Waals surface area contributed by atoms with Gasteiger partial charge in [0.2, 0.25) is 5.91 Å². The first-order chi connectivity index (χ1) is 15.7. The number of fused-ring (bicyclic) bond motifs is 2. The van der Waals surface area contributed by atoms with Crippen LogP contribution in [0.25, 0.3) is 10.9 Å². The zero-order chi connectivity index (χ0) is 22.2. The number of rotatable bonds is 9. The Balaban J connectivity index is 1.17. The van der Waals surface area contributed by atoms with E-state index < -0.39 is 0 Å². The van der Waals surface area contributed by atoms with Crippen LogP contribution in [0.4, 0.5) is 0 Å². The summed E-state index contributed by atoms with van der Waals surface area (Å²) in [5, 5.41) is 7.94. The molecule has 0 bridgehead atoms. The van der Waals surface area contributed by atoms with Crippen molar-refractivity contribution >= 4 is 22.8 Å². The van der Waals surface area contributed by atoms with Gasteiger partial charge in [-0.25, -0.2) is 0 Å². The Hall–Kier alpha value is -3.28. The molecule has 168 valence electrons. The lowest BCUT2D eigenvalue weighted by atomic mass is 10.1. The molecule has 4 rings (SSSR count). The number of aryl methyl sites for hydroxylation is 1. The van der Waals surface area contributed by atoms with Crippen molar-refractivity contribution in [2.45, 2.75) is 45.8 Å². The Kier molecular flexibility index (Phi) is 7.43. The van der Waals surface area contributed by atoms with Gasteiger partial charge >= 0.3 is 0 Å². The summed E-state index contributed by atoms with van der Waals surface area (Å²) in [6, 6.07) is 18.9. The lowest BCUT2D eigenvalue weighted by Crippen LogP contribution is -2.38. The molecular weight excluding hydrogens is 398 g/mol. The van der Waals surface area contributed by atoms with Crippen LogP contribution >= 0.6 is 0 Å². The second-order valence-corrected chi connectivity index (χ2v) is 8.23. The zero-order valence-corrected chi connectivity index (χ0v) is 18.9. The van der Waals surface area contributed by atoms with E-state index in [1.807, 2.05) is 17.0 Å². The van der Waals surface area contributed by atoms with E-state index >= 15 is 0 Å². The van der Waals surface area contributed by atoms with Crippen LogP contribution in [0, 0.1) is 0 Å². The summed E-state index contributed by atoms with van der Waals surface area (Å²) >= 11 is 0. The van der Waals surface area contributed by atoms with Gasteiger partial charge in [0.1, 0.15) is 0 Å². The van der Waals surface area contributed by atoms with Gasteiger partial charge in [-0.2, -0.15) is 0 Å². The van der Waals surface area contributed by atoms with Crippen molar-refractivity contribution in [1.29, 1.82) is 0 Å². The third-order valence-electron chi connectivity index (χ3n) is 5.90. The van der Waals surface area contributed by atoms with Gasteiger partial charge in [0, 0.05) is 57.4 Å². The Bertz CT molecular complexity index is 1050. The van der Waals surface area contributed by atoms with E-state index in [0.29, 0.717) is 6.42 Å². The predicted molar refractivity (Wildman–Crippen MR) is 130 cm³/mol. The molecule has 2 N–H and O–H groups in total. The van der Waals surface area contributed by atoms with Crippen LogP contribution in [-0.2, 0) is 24.4 Å². The number of aliphatic imine (C=N–C) groups is 1. The smallest absolute Gasteiger partial charge is 0.223 e. The van der Waals surface area contributed by atoms with E-state index in [-0.39, 0.29) is 5.91 Å². The molecule has 2 heterocycles. The minimum absolute atomic E-state index is 0.226. The fourth-order valence-electron chi connectivity index (χ4n) is 4.22. The lowest BCUT2D eigenvalue weighted by molar-refractivity contribution is -0.131. The van der Waals surface area contributed by atoms with Crippen molar-refractivity contribution in [3.8, 4) is 0 Å². The van der Waals surface area contributed by atoms with Gasteiger partial charge < -0.3 is 20.1 Å². The summed E-state index contributed by atoms with van der Waals surface area (Å²) in [7, 11) is 0. The van der Waals surface area contributed by atoms with Gasteiger partial charge in [-0.3, -0.25) is 9.79 Å². The fraction of sp³-hybridized carbons (Fsp3) is 0.385. The quantitative estimate of drug-likeness (QED) is 0.307. The van der Waals surface area contributed by atoms with Crippen molar-refractivity contribution in [3.05, 3.63) is 71.9 Å². The van der Waals surface area contributed by atoms with E-state index in [0.717, 1.165) is 58.1 Å². The van der Waals surface area contributed by atoms with Crippen molar-refractivity contribution < 1.29 is 4.79 Å². The Morgan fingerprint density at radius 2 is 1.72 bits per heavy atom. The standard InChI is InChI=1S/C26H33N5O/c1-2-27-26(29-16-8-17-30-18-14-21-9-5-6-12-24(21)30)28-15-7-13-25(32)31-19-22-10-3-4-11-23(22)20-31/h3-6,9-12,14,18H,2,7-8,13,15-17,19-20H2,1H3,(H2,27,28,29). The van der Waals surface area contributed by atoms with Crippen molar-refractivity contribution in [2.24, 2.45) is 4.99 Å². The lowest BCUT2D eigenvalue weighted by Gasteiger charge is -2.16. The molecule has 0 unspecified atom stereocenters. The number of aromatic nitrogens is 1. The van der Waals surface area contributed by atoms with Crippen LogP contribution in [0.1, 0.15) is 37.3 Å². The largest absolute Gasteiger partial charge is 0.357 e. The highest BCUT2D eigenvalue weighted by Crippen LogP contribution is 2.22.